The van der Waals surface area contributed by atoms with Gasteiger partial charge in [0.15, 0.2) is 0 Å². The lowest BCUT2D eigenvalue weighted by Gasteiger charge is -2.15. The molecule has 9 aromatic rings. The Labute approximate surface area is 274 Å². The summed E-state index contributed by atoms with van der Waals surface area (Å²) < 4.78 is 0. The van der Waals surface area contributed by atoms with E-state index in [4.69, 9.17) is 0 Å². The molecule has 0 radical (unpaired) electrons. The number of aromatic nitrogens is 2. The normalized spacial score (nSPS) is 11.5. The van der Waals surface area contributed by atoms with E-state index in [0.29, 0.717) is 0 Å². The van der Waals surface area contributed by atoms with Crippen LogP contribution in [0.25, 0.3) is 86.8 Å². The molecular formula is C42H26N2S2. The minimum atomic E-state index is 1.04. The van der Waals surface area contributed by atoms with Crippen molar-refractivity contribution in [2.45, 2.75) is 0 Å². The third kappa shape index (κ3) is 4.71. The Morgan fingerprint density at radius 3 is 1.17 bits per heavy atom. The van der Waals surface area contributed by atoms with Gasteiger partial charge in [0.1, 0.15) is 10.0 Å². The molecule has 2 aromatic heterocycles. The molecule has 4 heteroatoms. The summed E-state index contributed by atoms with van der Waals surface area (Å²) in [5.41, 5.74) is 9.52. The van der Waals surface area contributed by atoms with Crippen LogP contribution in [0, 0.1) is 0 Å². The van der Waals surface area contributed by atoms with Crippen molar-refractivity contribution >= 4 is 55.0 Å². The van der Waals surface area contributed by atoms with Crippen LogP contribution in [-0.2, 0) is 0 Å². The van der Waals surface area contributed by atoms with Crippen LogP contribution in [0.2, 0.25) is 0 Å². The molecule has 0 unspecified atom stereocenters. The van der Waals surface area contributed by atoms with Gasteiger partial charge >= 0.3 is 0 Å². The summed E-state index contributed by atoms with van der Waals surface area (Å²) in [5, 5.41) is 13.7. The largest absolute Gasteiger partial charge is 0.245 e. The maximum absolute atomic E-state index is 4.55. The first kappa shape index (κ1) is 26.9. The second-order valence-electron chi connectivity index (χ2n) is 11.5. The Morgan fingerprint density at radius 1 is 0.304 bits per heavy atom. The number of thiazole rings is 2. The minimum Gasteiger partial charge on any atom is -0.245 e. The van der Waals surface area contributed by atoms with Gasteiger partial charge in [-0.1, -0.05) is 103 Å². The fourth-order valence-electron chi connectivity index (χ4n) is 6.57. The molecule has 0 aliphatic carbocycles. The van der Waals surface area contributed by atoms with Crippen LogP contribution in [0.3, 0.4) is 0 Å². The van der Waals surface area contributed by atoms with E-state index in [9.17, 15) is 0 Å². The average molecular weight is 623 g/mol. The minimum absolute atomic E-state index is 1.04. The van der Waals surface area contributed by atoms with Gasteiger partial charge in [-0.2, -0.15) is 0 Å². The Morgan fingerprint density at radius 2 is 0.696 bits per heavy atom. The molecule has 0 amide bonds. The van der Waals surface area contributed by atoms with Crippen molar-refractivity contribution < 1.29 is 0 Å². The van der Waals surface area contributed by atoms with E-state index in [1.807, 2.05) is 23.2 Å². The quantitative estimate of drug-likeness (QED) is 0.178. The van der Waals surface area contributed by atoms with E-state index in [1.165, 1.54) is 65.7 Å². The van der Waals surface area contributed by atoms with Crippen molar-refractivity contribution in [2.75, 3.05) is 0 Å². The lowest BCUT2D eigenvalue weighted by Crippen LogP contribution is -1.88. The molecule has 0 atom stereocenters. The maximum Gasteiger partial charge on any atom is 0.123 e. The van der Waals surface area contributed by atoms with E-state index in [2.05, 4.69) is 143 Å². The van der Waals surface area contributed by atoms with Gasteiger partial charge in [-0.3, -0.25) is 0 Å². The molecular weight excluding hydrogens is 597 g/mol. The number of hydrogen-bond acceptors (Lipinski definition) is 4. The Hall–Kier alpha value is -5.42. The molecule has 2 heterocycles. The maximum atomic E-state index is 4.55. The van der Waals surface area contributed by atoms with E-state index in [-0.39, 0.29) is 0 Å². The molecule has 0 aliphatic rings. The lowest BCUT2D eigenvalue weighted by molar-refractivity contribution is 1.41. The van der Waals surface area contributed by atoms with Crippen LogP contribution >= 0.6 is 22.7 Å². The van der Waals surface area contributed by atoms with Gasteiger partial charge in [0.25, 0.3) is 0 Å². The molecule has 2 nitrogen and oxygen atoms in total. The number of fused-ring (bicyclic) bond motifs is 6. The monoisotopic (exact) mass is 622 g/mol. The van der Waals surface area contributed by atoms with Gasteiger partial charge < -0.3 is 0 Å². The van der Waals surface area contributed by atoms with Crippen molar-refractivity contribution in [3.8, 4) is 54.5 Å². The summed E-state index contributed by atoms with van der Waals surface area (Å²) in [6.45, 7) is 0. The number of hydrogen-bond donors (Lipinski definition) is 0. The molecule has 0 saturated carbocycles. The van der Waals surface area contributed by atoms with Crippen LogP contribution < -0.4 is 0 Å². The summed E-state index contributed by atoms with van der Waals surface area (Å²) in [6, 6.07) is 48.9. The second kappa shape index (κ2) is 11.2. The van der Waals surface area contributed by atoms with Crippen molar-refractivity contribution in [1.29, 1.82) is 0 Å². The van der Waals surface area contributed by atoms with Gasteiger partial charge in [-0.25, -0.2) is 9.97 Å². The molecule has 0 N–H and O–H groups in total. The zero-order valence-electron chi connectivity index (χ0n) is 24.7. The average Bonchev–Trinajstić information content (AvgIpc) is 3.88. The van der Waals surface area contributed by atoms with Gasteiger partial charge in [0.05, 0.1) is 0 Å². The summed E-state index contributed by atoms with van der Waals surface area (Å²) in [7, 11) is 0. The van der Waals surface area contributed by atoms with Crippen LogP contribution in [0.1, 0.15) is 0 Å². The summed E-state index contributed by atoms with van der Waals surface area (Å²) in [5.74, 6) is 0. The Bertz CT molecular complexity index is 2520. The second-order valence-corrected chi connectivity index (χ2v) is 13.3. The van der Waals surface area contributed by atoms with Gasteiger partial charge in [-0.15, -0.1) is 22.7 Å². The molecule has 7 aromatic carbocycles. The zero-order valence-corrected chi connectivity index (χ0v) is 26.4. The zero-order chi connectivity index (χ0) is 30.5. The van der Waals surface area contributed by atoms with Crippen molar-refractivity contribution in [3.63, 3.8) is 0 Å². The van der Waals surface area contributed by atoms with Crippen LogP contribution in [0.5, 0.6) is 0 Å². The first-order valence-electron chi connectivity index (χ1n) is 15.3. The predicted octanol–water partition coefficient (Wildman–Crippen LogP) is 12.4. The molecule has 0 fully saturated rings. The van der Waals surface area contributed by atoms with Crippen molar-refractivity contribution in [3.05, 3.63) is 157 Å². The SMILES string of the molecule is c1ccc(-c2ccc3c4cc(-c5cccc(-c6nccs6)c5)ccc4c4ccc(-c5cccc(-c6nccs6)c5)cc4c3c2)cc1. The number of benzene rings is 7. The summed E-state index contributed by atoms with van der Waals surface area (Å²) >= 11 is 3.34. The molecule has 9 rings (SSSR count). The van der Waals surface area contributed by atoms with E-state index in [1.54, 1.807) is 22.7 Å². The van der Waals surface area contributed by atoms with Crippen LogP contribution in [0.15, 0.2) is 157 Å². The lowest BCUT2D eigenvalue weighted by atomic mass is 9.89. The van der Waals surface area contributed by atoms with Crippen molar-refractivity contribution in [1.82, 2.24) is 9.97 Å². The molecule has 0 bridgehead atoms. The van der Waals surface area contributed by atoms with Gasteiger partial charge in [0.2, 0.25) is 0 Å². The molecule has 0 saturated heterocycles. The highest BCUT2D eigenvalue weighted by Crippen LogP contribution is 2.41. The first-order valence-corrected chi connectivity index (χ1v) is 17.0. The predicted molar refractivity (Wildman–Crippen MR) is 197 cm³/mol. The fraction of sp³-hybridized carbons (Fsp3) is 0. The fourth-order valence-corrected chi connectivity index (χ4v) is 7.84. The van der Waals surface area contributed by atoms with Crippen LogP contribution in [0.4, 0.5) is 0 Å². The van der Waals surface area contributed by atoms with E-state index in [0.717, 1.165) is 21.1 Å². The summed E-state index contributed by atoms with van der Waals surface area (Å²) in [6.07, 6.45) is 3.74. The smallest absolute Gasteiger partial charge is 0.123 e. The van der Waals surface area contributed by atoms with Crippen molar-refractivity contribution in [2.24, 2.45) is 0 Å². The Balaban J connectivity index is 1.27. The number of rotatable bonds is 5. The van der Waals surface area contributed by atoms with E-state index >= 15 is 0 Å². The standard InChI is InChI=1S/C42H26N2S2/c1-2-6-27(7-3-1)30-12-17-37-38-25-31(28-8-4-10-33(22-28)41-43-18-20-45-41)13-15-35(38)36-16-14-32(26-39(36)40(37)24-30)29-9-5-11-34(23-29)42-44-19-21-46-42/h1-26H. The summed E-state index contributed by atoms with van der Waals surface area (Å²) in [4.78, 5) is 9.09. The topological polar surface area (TPSA) is 25.8 Å². The highest BCUT2D eigenvalue weighted by molar-refractivity contribution is 7.13. The Kier molecular flexibility index (Phi) is 6.55. The third-order valence-corrected chi connectivity index (χ3v) is 10.4. The molecule has 0 aliphatic heterocycles. The highest BCUT2D eigenvalue weighted by Gasteiger charge is 2.14. The van der Waals surface area contributed by atoms with Gasteiger partial charge in [-0.05, 0) is 96.0 Å². The van der Waals surface area contributed by atoms with E-state index < -0.39 is 0 Å². The highest BCUT2D eigenvalue weighted by atomic mass is 32.1. The third-order valence-electron chi connectivity index (χ3n) is 8.79. The number of nitrogens with zero attached hydrogens (tertiary/aromatic N) is 2. The van der Waals surface area contributed by atoms with Gasteiger partial charge in [0, 0.05) is 34.3 Å². The van der Waals surface area contributed by atoms with Crippen LogP contribution in [-0.4, -0.2) is 9.97 Å². The molecule has 46 heavy (non-hydrogen) atoms. The first-order chi connectivity index (χ1) is 22.8. The molecule has 0 spiro atoms. The molecule has 216 valence electrons.